The lowest BCUT2D eigenvalue weighted by Crippen LogP contribution is -2.17. The van der Waals surface area contributed by atoms with Gasteiger partial charge in [0.1, 0.15) is 0 Å². The summed E-state index contributed by atoms with van der Waals surface area (Å²) in [4.78, 5) is 30.2. The number of nitrogens with one attached hydrogen (secondary N) is 3. The van der Waals surface area contributed by atoms with E-state index in [1.165, 1.54) is 5.56 Å². The highest BCUT2D eigenvalue weighted by Gasteiger charge is 2.04. The molecule has 7 heteroatoms. The number of carbonyl (C=O) groups excluding carboxylic acids is 1. The zero-order chi connectivity index (χ0) is 19.8. The fourth-order valence-electron chi connectivity index (χ4n) is 3.06. The van der Waals surface area contributed by atoms with E-state index in [1.807, 2.05) is 30.3 Å². The van der Waals surface area contributed by atoms with Crippen LogP contribution in [-0.4, -0.2) is 21.1 Å². The molecule has 146 valence electrons. The van der Waals surface area contributed by atoms with Crippen molar-refractivity contribution in [3.8, 4) is 0 Å². The van der Waals surface area contributed by atoms with Crippen LogP contribution in [0.2, 0.25) is 0 Å². The zero-order valence-corrected chi connectivity index (χ0v) is 15.6. The van der Waals surface area contributed by atoms with E-state index in [1.54, 1.807) is 11.5 Å². The van der Waals surface area contributed by atoms with Crippen LogP contribution in [0.3, 0.4) is 0 Å². The summed E-state index contributed by atoms with van der Waals surface area (Å²) < 4.78 is 0. The first-order chi connectivity index (χ1) is 13.7. The van der Waals surface area contributed by atoms with Gasteiger partial charge in [0.15, 0.2) is 0 Å². The molecule has 0 aliphatic carbocycles. The largest absolute Gasteiger partial charge is 0.326 e. The number of aromatic nitrogens is 2. The Balaban J connectivity index is 1.49. The number of unbranched alkanes of at least 4 members (excludes halogenated alkanes) is 3. The van der Waals surface area contributed by atoms with Crippen LogP contribution in [0.15, 0.2) is 53.3 Å². The van der Waals surface area contributed by atoms with Crippen molar-refractivity contribution < 1.29 is 10.0 Å². The van der Waals surface area contributed by atoms with Crippen LogP contribution in [0, 0.1) is 0 Å². The minimum Gasteiger partial charge on any atom is -0.326 e. The number of anilines is 2. The standard InChI is InChI=1S/C21H24N4O3/c26-19(25-28)10-4-2-1-3-7-15-11-13-16(14-12-15)22-21-23-18-9-6-5-8-17(18)20(27)24-21/h5-6,8-9,11-14,28H,1-4,7,10H2,(H,25,26)(H2,22,23,24,27). The van der Waals surface area contributed by atoms with Gasteiger partial charge in [0, 0.05) is 12.1 Å². The average molecular weight is 380 g/mol. The number of carbonyl (C=O) groups is 1. The van der Waals surface area contributed by atoms with Crippen molar-refractivity contribution in [2.75, 3.05) is 5.32 Å². The molecule has 3 rings (SSSR count). The molecular weight excluding hydrogens is 356 g/mol. The molecule has 0 saturated heterocycles. The molecule has 1 amide bonds. The van der Waals surface area contributed by atoms with Crippen molar-refractivity contribution in [3.63, 3.8) is 0 Å². The SMILES string of the molecule is O=C(CCCCCCc1ccc(Nc2nc3ccccc3c(=O)[nH]2)cc1)NO. The summed E-state index contributed by atoms with van der Waals surface area (Å²) in [6.45, 7) is 0. The number of amides is 1. The third-order valence-corrected chi connectivity index (χ3v) is 4.57. The molecule has 2 aromatic carbocycles. The Morgan fingerprint density at radius 1 is 1.00 bits per heavy atom. The summed E-state index contributed by atoms with van der Waals surface area (Å²) in [5.74, 6) is 0.0914. The lowest BCUT2D eigenvalue weighted by molar-refractivity contribution is -0.129. The van der Waals surface area contributed by atoms with Crippen LogP contribution in [-0.2, 0) is 11.2 Å². The van der Waals surface area contributed by atoms with Crippen molar-refractivity contribution in [2.24, 2.45) is 0 Å². The van der Waals surface area contributed by atoms with Gasteiger partial charge in [-0.25, -0.2) is 10.5 Å². The molecule has 28 heavy (non-hydrogen) atoms. The first kappa shape index (κ1) is 19.6. The summed E-state index contributed by atoms with van der Waals surface area (Å²) >= 11 is 0. The third-order valence-electron chi connectivity index (χ3n) is 4.57. The summed E-state index contributed by atoms with van der Waals surface area (Å²) in [5, 5.41) is 12.1. The molecule has 0 saturated carbocycles. The zero-order valence-electron chi connectivity index (χ0n) is 15.6. The Hall–Kier alpha value is -3.19. The van der Waals surface area contributed by atoms with Crippen LogP contribution in [0.4, 0.5) is 11.6 Å². The van der Waals surface area contributed by atoms with Crippen molar-refractivity contribution >= 4 is 28.4 Å². The number of fused-ring (bicyclic) bond motifs is 1. The number of hydroxylamine groups is 1. The maximum atomic E-state index is 12.1. The quantitative estimate of drug-likeness (QED) is 0.257. The Bertz CT molecular complexity index is 983. The summed E-state index contributed by atoms with van der Waals surface area (Å²) in [6.07, 6.45) is 5.17. The van der Waals surface area contributed by atoms with Crippen molar-refractivity contribution in [1.82, 2.24) is 15.4 Å². The number of aromatic amines is 1. The van der Waals surface area contributed by atoms with Gasteiger partial charge in [-0.1, -0.05) is 37.1 Å². The minimum atomic E-state index is -0.328. The smallest absolute Gasteiger partial charge is 0.260 e. The van der Waals surface area contributed by atoms with E-state index < -0.39 is 0 Å². The molecule has 0 bridgehead atoms. The van der Waals surface area contributed by atoms with Gasteiger partial charge in [-0.05, 0) is 49.1 Å². The highest BCUT2D eigenvalue weighted by molar-refractivity contribution is 5.78. The normalized spacial score (nSPS) is 10.8. The highest BCUT2D eigenvalue weighted by Crippen LogP contribution is 2.17. The van der Waals surface area contributed by atoms with E-state index in [-0.39, 0.29) is 11.5 Å². The van der Waals surface area contributed by atoms with Gasteiger partial charge in [0.2, 0.25) is 11.9 Å². The van der Waals surface area contributed by atoms with Crippen LogP contribution in [0.25, 0.3) is 10.9 Å². The topological polar surface area (TPSA) is 107 Å². The molecule has 1 aromatic heterocycles. The van der Waals surface area contributed by atoms with Gasteiger partial charge in [0.05, 0.1) is 10.9 Å². The van der Waals surface area contributed by atoms with Crippen LogP contribution < -0.4 is 16.4 Å². The first-order valence-electron chi connectivity index (χ1n) is 9.43. The number of H-pyrrole nitrogens is 1. The fraction of sp³-hybridized carbons (Fsp3) is 0.286. The average Bonchev–Trinajstić information content (AvgIpc) is 2.71. The number of para-hydroxylation sites is 1. The summed E-state index contributed by atoms with van der Waals surface area (Å²) in [7, 11) is 0. The maximum absolute atomic E-state index is 12.1. The van der Waals surface area contributed by atoms with E-state index in [4.69, 9.17) is 5.21 Å². The molecule has 0 fully saturated rings. The number of hydrogen-bond acceptors (Lipinski definition) is 5. The Kier molecular flexibility index (Phi) is 6.75. The monoisotopic (exact) mass is 380 g/mol. The van der Waals surface area contributed by atoms with Crippen molar-refractivity contribution in [2.45, 2.75) is 38.5 Å². The first-order valence-corrected chi connectivity index (χ1v) is 9.43. The Morgan fingerprint density at radius 2 is 1.75 bits per heavy atom. The number of aryl methyl sites for hydroxylation is 1. The molecule has 3 aromatic rings. The summed E-state index contributed by atoms with van der Waals surface area (Å²) in [6, 6.07) is 15.3. The predicted molar refractivity (Wildman–Crippen MR) is 109 cm³/mol. The molecule has 7 nitrogen and oxygen atoms in total. The second-order valence-corrected chi connectivity index (χ2v) is 6.70. The van der Waals surface area contributed by atoms with Crippen molar-refractivity contribution in [1.29, 1.82) is 0 Å². The number of benzene rings is 2. The van der Waals surface area contributed by atoms with Crippen molar-refractivity contribution in [3.05, 3.63) is 64.4 Å². The molecular formula is C21H24N4O3. The number of nitrogens with zero attached hydrogens (tertiary/aromatic N) is 1. The Morgan fingerprint density at radius 3 is 2.54 bits per heavy atom. The van der Waals surface area contributed by atoms with Gasteiger partial charge < -0.3 is 5.32 Å². The fourth-order valence-corrected chi connectivity index (χ4v) is 3.06. The molecule has 0 spiro atoms. The molecule has 0 radical (unpaired) electrons. The second kappa shape index (κ2) is 9.66. The molecule has 0 unspecified atom stereocenters. The Labute approximate surface area is 162 Å². The number of rotatable bonds is 9. The molecule has 0 aliphatic heterocycles. The van der Waals surface area contributed by atoms with E-state index in [0.29, 0.717) is 23.3 Å². The number of hydrogen-bond donors (Lipinski definition) is 4. The molecule has 0 atom stereocenters. The van der Waals surface area contributed by atoms with Gasteiger partial charge in [-0.15, -0.1) is 0 Å². The summed E-state index contributed by atoms with van der Waals surface area (Å²) in [5.41, 5.74) is 4.23. The molecule has 0 aliphatic rings. The van der Waals surface area contributed by atoms with Crippen LogP contribution in [0.1, 0.15) is 37.7 Å². The van der Waals surface area contributed by atoms with Gasteiger partial charge in [0.25, 0.3) is 5.56 Å². The second-order valence-electron chi connectivity index (χ2n) is 6.70. The maximum Gasteiger partial charge on any atom is 0.260 e. The van der Waals surface area contributed by atoms with E-state index in [0.717, 1.165) is 37.8 Å². The van der Waals surface area contributed by atoms with Gasteiger partial charge in [-0.3, -0.25) is 19.8 Å². The van der Waals surface area contributed by atoms with Crippen LogP contribution in [0.5, 0.6) is 0 Å². The third kappa shape index (κ3) is 5.40. The lowest BCUT2D eigenvalue weighted by atomic mass is 10.1. The highest BCUT2D eigenvalue weighted by atomic mass is 16.5. The minimum absolute atomic E-state index is 0.166. The van der Waals surface area contributed by atoms with E-state index in [2.05, 4.69) is 27.4 Å². The molecule has 1 heterocycles. The van der Waals surface area contributed by atoms with E-state index in [9.17, 15) is 9.59 Å². The van der Waals surface area contributed by atoms with Gasteiger partial charge >= 0.3 is 0 Å². The van der Waals surface area contributed by atoms with Gasteiger partial charge in [-0.2, -0.15) is 0 Å². The molecule has 4 N–H and O–H groups in total. The lowest BCUT2D eigenvalue weighted by Gasteiger charge is -2.08. The van der Waals surface area contributed by atoms with Crippen LogP contribution >= 0.6 is 0 Å². The van der Waals surface area contributed by atoms with E-state index >= 15 is 0 Å². The predicted octanol–water partition coefficient (Wildman–Crippen LogP) is 3.67.